The van der Waals surface area contributed by atoms with Crippen LogP contribution >= 0.6 is 11.3 Å². The highest BCUT2D eigenvalue weighted by atomic mass is 32.2. The number of carbonyl (C=O) groups excluding carboxylic acids is 1. The van der Waals surface area contributed by atoms with Crippen LogP contribution in [0.2, 0.25) is 0 Å². The molecule has 1 aliphatic rings. The lowest BCUT2D eigenvalue weighted by atomic mass is 10.0. The molecular formula is C20H19N3O6S2. The highest BCUT2D eigenvalue weighted by molar-refractivity contribution is 7.89. The van der Waals surface area contributed by atoms with E-state index in [2.05, 4.69) is 4.98 Å². The summed E-state index contributed by atoms with van der Waals surface area (Å²) in [5.74, 6) is -0.551. The van der Waals surface area contributed by atoms with Crippen LogP contribution in [0.25, 0.3) is 10.6 Å². The lowest BCUT2D eigenvalue weighted by Crippen LogP contribution is -2.53. The zero-order valence-corrected chi connectivity index (χ0v) is 17.9. The summed E-state index contributed by atoms with van der Waals surface area (Å²) in [5.41, 5.74) is 2.71. The Balaban J connectivity index is 1.78. The molecule has 4 rings (SSSR count). The summed E-state index contributed by atoms with van der Waals surface area (Å²) in [7, 11) is -2.73. The minimum atomic E-state index is -4.19. The van der Waals surface area contributed by atoms with E-state index in [-0.39, 0.29) is 11.4 Å². The Labute approximate surface area is 182 Å². The minimum absolute atomic E-state index is 0.0696. The summed E-state index contributed by atoms with van der Waals surface area (Å²) in [6.07, 6.45) is 0.166. The van der Waals surface area contributed by atoms with E-state index < -0.39 is 28.1 Å². The molecule has 1 amide bonds. The second-order valence-corrected chi connectivity index (χ2v) is 9.78. The first-order chi connectivity index (χ1) is 14.9. The molecule has 2 aromatic heterocycles. The van der Waals surface area contributed by atoms with Crippen LogP contribution in [-0.4, -0.2) is 47.1 Å². The average Bonchev–Trinajstić information content (AvgIpc) is 3.24. The summed E-state index contributed by atoms with van der Waals surface area (Å²) in [5, 5.41) is 20.1. The van der Waals surface area contributed by atoms with Crippen molar-refractivity contribution in [2.75, 3.05) is 7.11 Å². The zero-order chi connectivity index (χ0) is 22.2. The molecule has 1 aliphatic heterocycles. The fourth-order valence-corrected chi connectivity index (χ4v) is 6.21. The van der Waals surface area contributed by atoms with E-state index in [1.807, 2.05) is 6.07 Å². The van der Waals surface area contributed by atoms with Crippen LogP contribution in [0.3, 0.4) is 0 Å². The van der Waals surface area contributed by atoms with Crippen molar-refractivity contribution < 1.29 is 28.3 Å². The maximum Gasteiger partial charge on any atom is 0.264 e. The van der Waals surface area contributed by atoms with Gasteiger partial charge < -0.3 is 9.84 Å². The summed E-state index contributed by atoms with van der Waals surface area (Å²) in [6, 6.07) is 11.3. The number of thiophene rings is 1. The van der Waals surface area contributed by atoms with Crippen LogP contribution in [0.4, 0.5) is 0 Å². The molecule has 0 fully saturated rings. The van der Waals surface area contributed by atoms with Crippen molar-refractivity contribution in [2.45, 2.75) is 23.6 Å². The highest BCUT2D eigenvalue weighted by Crippen LogP contribution is 2.42. The Hall–Kier alpha value is -2.83. The van der Waals surface area contributed by atoms with Crippen LogP contribution in [0, 0.1) is 0 Å². The summed E-state index contributed by atoms with van der Waals surface area (Å²) in [4.78, 5) is 17.8. The predicted molar refractivity (Wildman–Crippen MR) is 112 cm³/mol. The van der Waals surface area contributed by atoms with E-state index in [1.165, 1.54) is 48.2 Å². The van der Waals surface area contributed by atoms with Crippen LogP contribution in [0.5, 0.6) is 5.75 Å². The number of hydrogen-bond donors (Lipinski definition) is 3. The van der Waals surface area contributed by atoms with Crippen LogP contribution in [-0.2, 0) is 21.4 Å². The topological polar surface area (TPSA) is 129 Å². The molecule has 0 saturated heterocycles. The Morgan fingerprint density at radius 3 is 2.61 bits per heavy atom. The van der Waals surface area contributed by atoms with Crippen molar-refractivity contribution in [2.24, 2.45) is 0 Å². The van der Waals surface area contributed by atoms with Crippen molar-refractivity contribution >= 4 is 27.3 Å². The maximum atomic E-state index is 13.4. The van der Waals surface area contributed by atoms with Gasteiger partial charge in [-0.1, -0.05) is 6.07 Å². The van der Waals surface area contributed by atoms with Gasteiger partial charge >= 0.3 is 0 Å². The van der Waals surface area contributed by atoms with Crippen molar-refractivity contribution in [1.29, 1.82) is 0 Å². The SMILES string of the molecule is COc1ccc(S(=O)(=O)N2Cc3cc(-c4ccccn4)sc3C(O)C2C(=O)NO)cc1. The number of benzene rings is 1. The van der Waals surface area contributed by atoms with Gasteiger partial charge in [0.05, 0.1) is 22.6 Å². The first-order valence-electron chi connectivity index (χ1n) is 9.18. The Kier molecular flexibility index (Phi) is 5.77. The number of amides is 1. The number of sulfonamides is 1. The number of aliphatic hydroxyl groups excluding tert-OH is 1. The molecule has 31 heavy (non-hydrogen) atoms. The summed E-state index contributed by atoms with van der Waals surface area (Å²) in [6.45, 7) is -0.151. The third-order valence-corrected chi connectivity index (χ3v) is 8.12. The molecule has 0 bridgehead atoms. The van der Waals surface area contributed by atoms with E-state index in [1.54, 1.807) is 24.4 Å². The second kappa shape index (κ2) is 8.36. The number of carbonyl (C=O) groups is 1. The van der Waals surface area contributed by atoms with Gasteiger partial charge in [0.2, 0.25) is 10.0 Å². The van der Waals surface area contributed by atoms with E-state index in [9.17, 15) is 23.5 Å². The lowest BCUT2D eigenvalue weighted by Gasteiger charge is -2.36. The fourth-order valence-electron chi connectivity index (χ4n) is 3.48. The molecule has 2 unspecified atom stereocenters. The first-order valence-corrected chi connectivity index (χ1v) is 11.4. The fraction of sp³-hybridized carbons (Fsp3) is 0.200. The molecular weight excluding hydrogens is 442 g/mol. The van der Waals surface area contributed by atoms with E-state index in [4.69, 9.17) is 4.74 Å². The monoisotopic (exact) mass is 461 g/mol. The molecule has 0 radical (unpaired) electrons. The van der Waals surface area contributed by atoms with Gasteiger partial charge in [-0.25, -0.2) is 13.9 Å². The van der Waals surface area contributed by atoms with Gasteiger partial charge in [-0.05, 0) is 48.0 Å². The summed E-state index contributed by atoms with van der Waals surface area (Å²) >= 11 is 1.23. The number of aliphatic hydroxyl groups is 1. The van der Waals surface area contributed by atoms with E-state index >= 15 is 0 Å². The molecule has 162 valence electrons. The first kappa shape index (κ1) is 21.4. The van der Waals surface area contributed by atoms with E-state index in [0.717, 1.165) is 9.18 Å². The largest absolute Gasteiger partial charge is 0.497 e. The quantitative estimate of drug-likeness (QED) is 0.391. The average molecular weight is 462 g/mol. The maximum absolute atomic E-state index is 13.4. The van der Waals surface area contributed by atoms with Crippen molar-refractivity contribution in [3.8, 4) is 16.3 Å². The molecule has 0 aliphatic carbocycles. The number of nitrogens with zero attached hydrogens (tertiary/aromatic N) is 2. The number of nitrogens with one attached hydrogen (secondary N) is 1. The standard InChI is InChI=1S/C20H19N3O6S2/c1-29-13-5-7-14(8-6-13)31(27,28)23-11-12-10-16(15-4-2-3-9-21-15)30-19(12)18(24)17(23)20(25)22-26/h2-10,17-18,24,26H,11H2,1H3,(H,22,25). The number of methoxy groups -OCH3 is 1. The third-order valence-electron chi connectivity index (χ3n) is 5.01. The Morgan fingerprint density at radius 2 is 2.00 bits per heavy atom. The minimum Gasteiger partial charge on any atom is -0.497 e. The molecule has 3 N–H and O–H groups in total. The number of ether oxygens (including phenoxy) is 1. The number of hydroxylamine groups is 1. The summed E-state index contributed by atoms with van der Waals surface area (Å²) < 4.78 is 32.7. The van der Waals surface area contributed by atoms with Crippen LogP contribution in [0.15, 0.2) is 59.6 Å². The number of aromatic nitrogens is 1. The number of fused-ring (bicyclic) bond motifs is 1. The molecule has 2 atom stereocenters. The second-order valence-electron chi connectivity index (χ2n) is 6.81. The lowest BCUT2D eigenvalue weighted by molar-refractivity contribution is -0.137. The zero-order valence-electron chi connectivity index (χ0n) is 16.3. The van der Waals surface area contributed by atoms with Gasteiger partial charge in [0.15, 0.2) is 0 Å². The van der Waals surface area contributed by atoms with Crippen LogP contribution in [0.1, 0.15) is 16.5 Å². The van der Waals surface area contributed by atoms with E-state index in [0.29, 0.717) is 21.9 Å². The number of pyridine rings is 1. The van der Waals surface area contributed by atoms with Gasteiger partial charge in [-0.3, -0.25) is 15.0 Å². The Morgan fingerprint density at radius 1 is 1.26 bits per heavy atom. The van der Waals surface area contributed by atoms with Crippen molar-refractivity contribution in [3.05, 3.63) is 65.2 Å². The highest BCUT2D eigenvalue weighted by Gasteiger charge is 2.46. The van der Waals surface area contributed by atoms with Gasteiger partial charge in [0.25, 0.3) is 5.91 Å². The molecule has 11 heteroatoms. The van der Waals surface area contributed by atoms with Gasteiger partial charge in [-0.2, -0.15) is 4.31 Å². The molecule has 3 heterocycles. The molecule has 0 spiro atoms. The molecule has 3 aromatic rings. The molecule has 0 saturated carbocycles. The van der Waals surface area contributed by atoms with Crippen molar-refractivity contribution in [3.63, 3.8) is 0 Å². The van der Waals surface area contributed by atoms with Gasteiger partial charge in [0, 0.05) is 17.6 Å². The van der Waals surface area contributed by atoms with Gasteiger partial charge in [-0.15, -0.1) is 11.3 Å². The normalized spacial score (nSPS) is 18.9. The van der Waals surface area contributed by atoms with Crippen molar-refractivity contribution in [1.82, 2.24) is 14.8 Å². The van der Waals surface area contributed by atoms with Gasteiger partial charge in [0.1, 0.15) is 17.9 Å². The predicted octanol–water partition coefficient (Wildman–Crippen LogP) is 1.93. The van der Waals surface area contributed by atoms with Crippen LogP contribution < -0.4 is 10.2 Å². The molecule has 1 aromatic carbocycles. The molecule has 9 nitrogen and oxygen atoms in total. The smallest absolute Gasteiger partial charge is 0.264 e. The number of rotatable bonds is 5. The third kappa shape index (κ3) is 3.82. The Bertz CT molecular complexity index is 1200. The number of hydrogen-bond acceptors (Lipinski definition) is 8.